The van der Waals surface area contributed by atoms with Crippen molar-refractivity contribution in [3.8, 4) is 5.75 Å². The van der Waals surface area contributed by atoms with E-state index in [1.807, 2.05) is 36.4 Å². The Labute approximate surface area is 196 Å². The first kappa shape index (κ1) is 23.3. The van der Waals surface area contributed by atoms with Crippen LogP contribution in [0.3, 0.4) is 0 Å². The van der Waals surface area contributed by atoms with Gasteiger partial charge in [0.1, 0.15) is 5.75 Å². The van der Waals surface area contributed by atoms with Gasteiger partial charge in [-0.2, -0.15) is 0 Å². The monoisotopic (exact) mass is 449 g/mol. The smallest absolute Gasteiger partial charge is 0.254 e. The molecule has 0 unspecified atom stereocenters. The molecule has 1 fully saturated rings. The molecule has 4 rings (SSSR count). The molecule has 0 aliphatic heterocycles. The number of amides is 1. The molecule has 0 atom stereocenters. The van der Waals surface area contributed by atoms with Crippen LogP contribution in [0.1, 0.15) is 67.6 Å². The van der Waals surface area contributed by atoms with Gasteiger partial charge < -0.3 is 19.3 Å². The molecule has 1 aliphatic rings. The van der Waals surface area contributed by atoms with E-state index in [1.165, 1.54) is 19.3 Å². The average molecular weight is 450 g/mol. The second-order valence-electron chi connectivity index (χ2n) is 9.46. The summed E-state index contributed by atoms with van der Waals surface area (Å²) in [5, 5.41) is 9.87. The molecule has 2 aromatic heterocycles. The highest BCUT2D eigenvalue weighted by molar-refractivity contribution is 5.95. The Bertz CT molecular complexity index is 1100. The molecule has 3 aromatic rings. The van der Waals surface area contributed by atoms with E-state index in [0.29, 0.717) is 29.8 Å². The van der Waals surface area contributed by atoms with Gasteiger partial charge in [-0.15, -0.1) is 0 Å². The Morgan fingerprint density at radius 2 is 2.00 bits per heavy atom. The van der Waals surface area contributed by atoms with E-state index < -0.39 is 0 Å². The summed E-state index contributed by atoms with van der Waals surface area (Å²) < 4.78 is 7.77. The summed E-state index contributed by atoms with van der Waals surface area (Å²) in [5.74, 6) is 1.19. The molecule has 33 heavy (non-hydrogen) atoms. The fourth-order valence-corrected chi connectivity index (χ4v) is 4.98. The molecule has 0 bridgehead atoms. The van der Waals surface area contributed by atoms with Crippen LogP contribution in [0.15, 0.2) is 42.6 Å². The molecular formula is C27H35N3O3. The standard InChI is InChI=1S/C27H35N3O3/c1-19(2)16-30(22-8-5-4-6-9-22)27(32)20-11-12-21(26(14-20)33-3)17-29-23(18-31)15-24-25(29)10-7-13-28-24/h7,10-15,19,22,31H,4-6,8-9,16-18H2,1-3H3. The number of fused-ring (bicyclic) bond motifs is 1. The molecule has 0 radical (unpaired) electrons. The van der Waals surface area contributed by atoms with Gasteiger partial charge in [0.15, 0.2) is 0 Å². The largest absolute Gasteiger partial charge is 0.496 e. The fraction of sp³-hybridized carbons (Fsp3) is 0.481. The molecule has 1 N–H and O–H groups in total. The van der Waals surface area contributed by atoms with Crippen LogP contribution >= 0.6 is 0 Å². The molecule has 176 valence electrons. The van der Waals surface area contributed by atoms with Crippen LogP contribution in [-0.2, 0) is 13.2 Å². The van der Waals surface area contributed by atoms with Crippen LogP contribution in [0.25, 0.3) is 11.0 Å². The lowest BCUT2D eigenvalue weighted by molar-refractivity contribution is 0.0604. The van der Waals surface area contributed by atoms with Crippen molar-refractivity contribution in [3.05, 3.63) is 59.4 Å². The van der Waals surface area contributed by atoms with E-state index in [-0.39, 0.29) is 12.5 Å². The molecule has 6 heteroatoms. The Hall–Kier alpha value is -2.86. The predicted molar refractivity (Wildman–Crippen MR) is 130 cm³/mol. The third-order valence-corrected chi connectivity index (χ3v) is 6.62. The van der Waals surface area contributed by atoms with Crippen LogP contribution in [0.4, 0.5) is 0 Å². The number of hydrogen-bond donors (Lipinski definition) is 1. The van der Waals surface area contributed by atoms with Crippen molar-refractivity contribution in [1.29, 1.82) is 0 Å². The van der Waals surface area contributed by atoms with Gasteiger partial charge in [0.25, 0.3) is 5.91 Å². The number of methoxy groups -OCH3 is 1. The highest BCUT2D eigenvalue weighted by atomic mass is 16.5. The van der Waals surface area contributed by atoms with Gasteiger partial charge >= 0.3 is 0 Å². The highest BCUT2D eigenvalue weighted by Gasteiger charge is 2.27. The summed E-state index contributed by atoms with van der Waals surface area (Å²) in [4.78, 5) is 20.1. The zero-order chi connectivity index (χ0) is 23.4. The Kier molecular flexibility index (Phi) is 7.33. The first-order chi connectivity index (χ1) is 16.0. The number of aromatic nitrogens is 2. The first-order valence-electron chi connectivity index (χ1n) is 12.0. The van der Waals surface area contributed by atoms with E-state index >= 15 is 0 Å². The van der Waals surface area contributed by atoms with Crippen molar-refractivity contribution in [2.45, 2.75) is 65.1 Å². The van der Waals surface area contributed by atoms with E-state index in [2.05, 4.69) is 28.3 Å². The van der Waals surface area contributed by atoms with Gasteiger partial charge in [-0.05, 0) is 49.1 Å². The van der Waals surface area contributed by atoms with Crippen LogP contribution in [0.5, 0.6) is 5.75 Å². The highest BCUT2D eigenvalue weighted by Crippen LogP contribution is 2.28. The normalized spacial score (nSPS) is 14.7. The first-order valence-corrected chi connectivity index (χ1v) is 12.0. The third-order valence-electron chi connectivity index (χ3n) is 6.62. The van der Waals surface area contributed by atoms with Crippen LogP contribution in [0.2, 0.25) is 0 Å². The SMILES string of the molecule is COc1cc(C(=O)N(CC(C)C)C2CCCCC2)ccc1Cn1c(CO)cc2ncccc21. The molecule has 0 spiro atoms. The minimum absolute atomic E-state index is 0.0687. The number of nitrogens with zero attached hydrogens (tertiary/aromatic N) is 3. The predicted octanol–water partition coefficient (Wildman–Crippen LogP) is 5.02. The van der Waals surface area contributed by atoms with Crippen molar-refractivity contribution in [3.63, 3.8) is 0 Å². The van der Waals surface area contributed by atoms with Crippen LogP contribution in [-0.4, -0.2) is 45.2 Å². The van der Waals surface area contributed by atoms with Gasteiger partial charge in [-0.1, -0.05) is 39.2 Å². The summed E-state index contributed by atoms with van der Waals surface area (Å²) in [6.45, 7) is 5.57. The number of aliphatic hydroxyl groups excluding tert-OH is 1. The van der Waals surface area contributed by atoms with Crippen LogP contribution < -0.4 is 4.74 Å². The number of aliphatic hydroxyl groups is 1. The lowest BCUT2D eigenvalue weighted by Gasteiger charge is -2.35. The third kappa shape index (κ3) is 5.06. The van der Waals surface area contributed by atoms with E-state index in [4.69, 9.17) is 4.74 Å². The van der Waals surface area contributed by atoms with Crippen molar-refractivity contribution in [1.82, 2.24) is 14.5 Å². The molecule has 6 nitrogen and oxygen atoms in total. The van der Waals surface area contributed by atoms with E-state index in [1.54, 1.807) is 13.3 Å². The maximum absolute atomic E-state index is 13.6. The lowest BCUT2D eigenvalue weighted by Crippen LogP contribution is -2.43. The number of rotatable bonds is 8. The average Bonchev–Trinajstić information content (AvgIpc) is 3.20. The van der Waals surface area contributed by atoms with Crippen molar-refractivity contribution >= 4 is 16.9 Å². The van der Waals surface area contributed by atoms with Gasteiger partial charge in [0.2, 0.25) is 0 Å². The number of ether oxygens (including phenoxy) is 1. The van der Waals surface area contributed by atoms with Gasteiger partial charge in [-0.3, -0.25) is 9.78 Å². The van der Waals surface area contributed by atoms with Crippen molar-refractivity contribution < 1.29 is 14.6 Å². The maximum atomic E-state index is 13.6. The molecule has 2 heterocycles. The van der Waals surface area contributed by atoms with Gasteiger partial charge in [0.05, 0.1) is 31.3 Å². The van der Waals surface area contributed by atoms with E-state index in [0.717, 1.165) is 41.7 Å². The summed E-state index contributed by atoms with van der Waals surface area (Å²) >= 11 is 0. The minimum atomic E-state index is -0.0687. The fourth-order valence-electron chi connectivity index (χ4n) is 4.98. The Morgan fingerprint density at radius 3 is 2.70 bits per heavy atom. The molecule has 1 aromatic carbocycles. The Morgan fingerprint density at radius 1 is 1.21 bits per heavy atom. The zero-order valence-corrected chi connectivity index (χ0v) is 20.0. The van der Waals surface area contributed by atoms with Crippen molar-refractivity contribution in [2.75, 3.05) is 13.7 Å². The zero-order valence-electron chi connectivity index (χ0n) is 20.0. The molecular weight excluding hydrogens is 414 g/mol. The van der Waals surface area contributed by atoms with Crippen molar-refractivity contribution in [2.24, 2.45) is 5.92 Å². The Balaban J connectivity index is 1.63. The lowest BCUT2D eigenvalue weighted by atomic mass is 9.93. The van der Waals surface area contributed by atoms with Crippen LogP contribution in [0, 0.1) is 5.92 Å². The number of pyridine rings is 1. The maximum Gasteiger partial charge on any atom is 0.254 e. The number of carbonyl (C=O) groups is 1. The second-order valence-corrected chi connectivity index (χ2v) is 9.46. The summed E-state index contributed by atoms with van der Waals surface area (Å²) in [6, 6.07) is 11.9. The minimum Gasteiger partial charge on any atom is -0.496 e. The molecule has 1 aliphatic carbocycles. The number of carbonyl (C=O) groups excluding carboxylic acids is 1. The summed E-state index contributed by atoms with van der Waals surface area (Å²) in [7, 11) is 1.64. The number of hydrogen-bond acceptors (Lipinski definition) is 4. The molecule has 0 saturated heterocycles. The summed E-state index contributed by atoms with van der Waals surface area (Å²) in [5.41, 5.74) is 4.24. The van der Waals surface area contributed by atoms with Gasteiger partial charge in [0, 0.05) is 35.6 Å². The quantitative estimate of drug-likeness (QED) is 0.525. The summed E-state index contributed by atoms with van der Waals surface area (Å²) in [6.07, 6.45) is 7.59. The topological polar surface area (TPSA) is 67.6 Å². The molecule has 1 amide bonds. The van der Waals surface area contributed by atoms with Gasteiger partial charge in [-0.25, -0.2) is 0 Å². The van der Waals surface area contributed by atoms with E-state index in [9.17, 15) is 9.90 Å². The second kappa shape index (κ2) is 10.4. The number of benzene rings is 1. The molecule has 1 saturated carbocycles.